The van der Waals surface area contributed by atoms with Crippen molar-refractivity contribution in [2.45, 2.75) is 19.6 Å². The lowest BCUT2D eigenvalue weighted by atomic mass is 10.1. The number of nitrogens with zero attached hydrogens (tertiary/aromatic N) is 2. The summed E-state index contributed by atoms with van der Waals surface area (Å²) in [6.07, 6.45) is -1.12. The van der Waals surface area contributed by atoms with Crippen molar-refractivity contribution in [3.63, 3.8) is 0 Å². The van der Waals surface area contributed by atoms with Gasteiger partial charge in [-0.15, -0.1) is 0 Å². The van der Waals surface area contributed by atoms with E-state index in [1.807, 2.05) is 6.92 Å². The molecule has 0 radical (unpaired) electrons. The predicted molar refractivity (Wildman–Crippen MR) is 66.9 cm³/mol. The fourth-order valence-corrected chi connectivity index (χ4v) is 1.88. The number of aromatic nitrogens is 2. The van der Waals surface area contributed by atoms with E-state index in [4.69, 9.17) is 0 Å². The zero-order valence-electron chi connectivity index (χ0n) is 10.4. The van der Waals surface area contributed by atoms with Gasteiger partial charge in [-0.05, 0) is 18.6 Å². The molecule has 3 nitrogen and oxygen atoms in total. The molecule has 0 saturated carbocycles. The first-order valence-electron chi connectivity index (χ1n) is 5.92. The van der Waals surface area contributed by atoms with Gasteiger partial charge in [-0.2, -0.15) is 13.2 Å². The summed E-state index contributed by atoms with van der Waals surface area (Å²) in [7, 11) is 0. The number of rotatable bonds is 4. The molecule has 1 aromatic carbocycles. The molecule has 2 aromatic rings. The summed E-state index contributed by atoms with van der Waals surface area (Å²) in [5, 5.41) is 3.01. The number of benzene rings is 1. The lowest BCUT2D eigenvalue weighted by molar-refractivity contribution is -0.138. The fourth-order valence-electron chi connectivity index (χ4n) is 1.88. The Morgan fingerprint density at radius 3 is 2.68 bits per heavy atom. The minimum atomic E-state index is -4.34. The second-order valence-electron chi connectivity index (χ2n) is 4.06. The number of hydrogen-bond donors (Lipinski definition) is 1. The molecule has 0 bridgehead atoms. The Hall–Kier alpha value is -1.98. The van der Waals surface area contributed by atoms with E-state index in [9.17, 15) is 13.2 Å². The van der Waals surface area contributed by atoms with Gasteiger partial charge in [0.15, 0.2) is 0 Å². The van der Waals surface area contributed by atoms with Crippen molar-refractivity contribution in [3.05, 3.63) is 47.8 Å². The predicted octanol–water partition coefficient (Wildman–Crippen LogP) is 3.38. The van der Waals surface area contributed by atoms with Gasteiger partial charge in [-0.25, -0.2) is 4.98 Å². The van der Waals surface area contributed by atoms with Crippen LogP contribution in [0.15, 0.2) is 36.7 Å². The third-order valence-corrected chi connectivity index (χ3v) is 2.71. The molecule has 0 atom stereocenters. The second kappa shape index (κ2) is 5.34. The van der Waals surface area contributed by atoms with Crippen LogP contribution in [-0.4, -0.2) is 16.1 Å². The van der Waals surface area contributed by atoms with Crippen molar-refractivity contribution in [2.75, 3.05) is 11.9 Å². The van der Waals surface area contributed by atoms with Gasteiger partial charge in [-0.1, -0.05) is 18.2 Å². The maximum absolute atomic E-state index is 12.9. The Kier molecular flexibility index (Phi) is 3.78. The average molecular weight is 269 g/mol. The molecule has 0 spiro atoms. The summed E-state index contributed by atoms with van der Waals surface area (Å²) < 4.78 is 40.3. The zero-order chi connectivity index (χ0) is 13.9. The number of alkyl halides is 3. The Labute approximate surface area is 109 Å². The van der Waals surface area contributed by atoms with Gasteiger partial charge in [0.2, 0.25) is 5.95 Å². The normalized spacial score (nSPS) is 11.6. The Bertz CT molecular complexity index is 546. The molecule has 0 aliphatic carbocycles. The van der Waals surface area contributed by atoms with Crippen LogP contribution < -0.4 is 5.32 Å². The molecular weight excluding hydrogens is 255 g/mol. The second-order valence-corrected chi connectivity index (χ2v) is 4.06. The molecule has 1 N–H and O–H groups in total. The molecule has 2 rings (SSSR count). The maximum atomic E-state index is 12.9. The van der Waals surface area contributed by atoms with Crippen LogP contribution in [0, 0.1) is 0 Å². The van der Waals surface area contributed by atoms with Gasteiger partial charge in [0.1, 0.15) is 0 Å². The van der Waals surface area contributed by atoms with Crippen molar-refractivity contribution in [1.29, 1.82) is 0 Å². The Morgan fingerprint density at radius 1 is 1.26 bits per heavy atom. The van der Waals surface area contributed by atoms with E-state index in [-0.39, 0.29) is 12.1 Å². The molecule has 1 heterocycles. The molecule has 0 aliphatic heterocycles. The first kappa shape index (κ1) is 13.5. The first-order valence-corrected chi connectivity index (χ1v) is 5.92. The lowest BCUT2D eigenvalue weighted by Crippen LogP contribution is -2.13. The number of imidazole rings is 1. The highest BCUT2D eigenvalue weighted by atomic mass is 19.4. The molecule has 0 unspecified atom stereocenters. The summed E-state index contributed by atoms with van der Waals surface area (Å²) in [6.45, 7) is 2.71. The average Bonchev–Trinajstić information content (AvgIpc) is 2.77. The lowest BCUT2D eigenvalue weighted by Gasteiger charge is -2.14. The zero-order valence-corrected chi connectivity index (χ0v) is 10.4. The minimum Gasteiger partial charge on any atom is -0.356 e. The van der Waals surface area contributed by atoms with E-state index in [2.05, 4.69) is 10.3 Å². The van der Waals surface area contributed by atoms with Crippen LogP contribution in [0.2, 0.25) is 0 Å². The number of nitrogens with one attached hydrogen (secondary N) is 1. The SMILES string of the molecule is CCNc1nccn1Cc1ccccc1C(F)(F)F. The largest absolute Gasteiger partial charge is 0.416 e. The highest BCUT2D eigenvalue weighted by Crippen LogP contribution is 2.32. The monoisotopic (exact) mass is 269 g/mol. The van der Waals surface area contributed by atoms with Crippen molar-refractivity contribution in [2.24, 2.45) is 0 Å². The highest BCUT2D eigenvalue weighted by molar-refractivity contribution is 5.33. The third-order valence-electron chi connectivity index (χ3n) is 2.71. The quantitative estimate of drug-likeness (QED) is 0.922. The fraction of sp³-hybridized carbons (Fsp3) is 0.308. The van der Waals surface area contributed by atoms with E-state index < -0.39 is 11.7 Å². The summed E-state index contributed by atoms with van der Waals surface area (Å²) in [4.78, 5) is 4.06. The first-order chi connectivity index (χ1) is 9.02. The molecule has 6 heteroatoms. The van der Waals surface area contributed by atoms with Crippen LogP contribution in [0.25, 0.3) is 0 Å². The highest BCUT2D eigenvalue weighted by Gasteiger charge is 2.32. The minimum absolute atomic E-state index is 0.137. The van der Waals surface area contributed by atoms with Crippen LogP contribution in [0.5, 0.6) is 0 Å². The summed E-state index contributed by atoms with van der Waals surface area (Å²) in [5.41, 5.74) is -0.377. The smallest absolute Gasteiger partial charge is 0.356 e. The summed E-state index contributed by atoms with van der Waals surface area (Å²) in [5.74, 6) is 0.569. The summed E-state index contributed by atoms with van der Waals surface area (Å²) in [6, 6.07) is 5.58. The molecular formula is C13H14F3N3. The molecule has 0 aliphatic rings. The third kappa shape index (κ3) is 3.07. The van der Waals surface area contributed by atoms with Crippen molar-refractivity contribution >= 4 is 5.95 Å². The van der Waals surface area contributed by atoms with E-state index in [1.54, 1.807) is 23.0 Å². The van der Waals surface area contributed by atoms with Crippen molar-refractivity contribution < 1.29 is 13.2 Å². The van der Waals surface area contributed by atoms with E-state index >= 15 is 0 Å². The van der Waals surface area contributed by atoms with Gasteiger partial charge in [0, 0.05) is 18.9 Å². The standard InChI is InChI=1S/C13H14F3N3/c1-2-17-12-18-7-8-19(12)9-10-5-3-4-6-11(10)13(14,15)16/h3-8H,2,9H2,1H3,(H,17,18). The van der Waals surface area contributed by atoms with Gasteiger partial charge >= 0.3 is 6.18 Å². The van der Waals surface area contributed by atoms with Gasteiger partial charge < -0.3 is 9.88 Å². The van der Waals surface area contributed by atoms with Crippen LogP contribution >= 0.6 is 0 Å². The van der Waals surface area contributed by atoms with Crippen LogP contribution in [0.1, 0.15) is 18.1 Å². The van der Waals surface area contributed by atoms with E-state index in [1.165, 1.54) is 12.1 Å². The maximum Gasteiger partial charge on any atom is 0.416 e. The van der Waals surface area contributed by atoms with Crippen LogP contribution in [0.3, 0.4) is 0 Å². The van der Waals surface area contributed by atoms with Gasteiger partial charge in [0.05, 0.1) is 12.1 Å². The molecule has 0 saturated heterocycles. The molecule has 102 valence electrons. The molecule has 1 aromatic heterocycles. The molecule has 0 amide bonds. The van der Waals surface area contributed by atoms with Crippen molar-refractivity contribution in [3.8, 4) is 0 Å². The number of halogens is 3. The Morgan fingerprint density at radius 2 is 2.00 bits per heavy atom. The number of hydrogen-bond acceptors (Lipinski definition) is 2. The van der Waals surface area contributed by atoms with Gasteiger partial charge in [-0.3, -0.25) is 0 Å². The topological polar surface area (TPSA) is 29.9 Å². The molecule has 19 heavy (non-hydrogen) atoms. The summed E-state index contributed by atoms with van der Waals surface area (Å²) >= 11 is 0. The van der Waals surface area contributed by atoms with Crippen LogP contribution in [0.4, 0.5) is 19.1 Å². The van der Waals surface area contributed by atoms with E-state index in [0.29, 0.717) is 12.5 Å². The molecule has 0 fully saturated rings. The Balaban J connectivity index is 2.31. The van der Waals surface area contributed by atoms with Crippen LogP contribution in [-0.2, 0) is 12.7 Å². The van der Waals surface area contributed by atoms with Gasteiger partial charge in [0.25, 0.3) is 0 Å². The van der Waals surface area contributed by atoms with Crippen molar-refractivity contribution in [1.82, 2.24) is 9.55 Å². The van der Waals surface area contributed by atoms with E-state index in [0.717, 1.165) is 6.07 Å². The number of anilines is 1.